The van der Waals surface area contributed by atoms with E-state index in [0.717, 1.165) is 25.5 Å². The topological polar surface area (TPSA) is 121 Å². The normalized spacial score (nSPS) is 15.2. The molecule has 2 amide bonds. The highest BCUT2D eigenvalue weighted by Crippen LogP contribution is 2.38. The Bertz CT molecular complexity index is 1570. The lowest BCUT2D eigenvalue weighted by Crippen LogP contribution is -2.37. The van der Waals surface area contributed by atoms with Crippen LogP contribution in [0.5, 0.6) is 0 Å². The van der Waals surface area contributed by atoms with Crippen LogP contribution in [0, 0.1) is 0 Å². The van der Waals surface area contributed by atoms with Crippen LogP contribution in [0.25, 0.3) is 22.2 Å². The van der Waals surface area contributed by atoms with E-state index in [1.165, 1.54) is 37.4 Å². The number of hydrogen-bond acceptors (Lipinski definition) is 7. The van der Waals surface area contributed by atoms with Crippen LogP contribution in [-0.2, 0) is 11.0 Å². The van der Waals surface area contributed by atoms with Crippen molar-refractivity contribution >= 4 is 40.2 Å². The molecule has 0 saturated carbocycles. The van der Waals surface area contributed by atoms with Gasteiger partial charge in [0.25, 0.3) is 5.91 Å². The van der Waals surface area contributed by atoms with Gasteiger partial charge in [-0.1, -0.05) is 24.3 Å². The van der Waals surface area contributed by atoms with Crippen LogP contribution >= 0.6 is 0 Å². The summed E-state index contributed by atoms with van der Waals surface area (Å²) in [7, 11) is 0. The molecule has 5 rings (SSSR count). The maximum atomic E-state index is 13.9. The van der Waals surface area contributed by atoms with E-state index in [1.807, 2.05) is 0 Å². The molecule has 40 heavy (non-hydrogen) atoms. The molecular formula is C28H26F3N7O2. The maximum absolute atomic E-state index is 13.9. The van der Waals surface area contributed by atoms with Gasteiger partial charge in [-0.15, -0.1) is 0 Å². The number of nitrogens with zero attached hydrogens (tertiary/aromatic N) is 3. The highest BCUT2D eigenvalue weighted by molar-refractivity contribution is 6.02. The largest absolute Gasteiger partial charge is 0.417 e. The molecule has 0 radical (unpaired) electrons. The van der Waals surface area contributed by atoms with Crippen molar-refractivity contribution in [2.45, 2.75) is 32.0 Å². The minimum atomic E-state index is -4.64. The number of fused-ring (bicyclic) bond motifs is 1. The zero-order chi connectivity index (χ0) is 28.3. The molecule has 1 atom stereocenters. The number of carbonyl (C=O) groups is 2. The van der Waals surface area contributed by atoms with Crippen molar-refractivity contribution in [2.75, 3.05) is 23.7 Å². The minimum Gasteiger partial charge on any atom is -0.349 e. The van der Waals surface area contributed by atoms with Gasteiger partial charge in [0.05, 0.1) is 5.56 Å². The summed E-state index contributed by atoms with van der Waals surface area (Å²) in [5, 5.41) is 12.2. The van der Waals surface area contributed by atoms with Gasteiger partial charge >= 0.3 is 6.18 Å². The smallest absolute Gasteiger partial charge is 0.349 e. The zero-order valence-corrected chi connectivity index (χ0v) is 21.5. The van der Waals surface area contributed by atoms with Gasteiger partial charge < -0.3 is 21.3 Å². The molecular weight excluding hydrogens is 523 g/mol. The quantitative estimate of drug-likeness (QED) is 0.259. The molecule has 1 unspecified atom stereocenters. The third-order valence-corrected chi connectivity index (χ3v) is 6.42. The molecule has 12 heteroatoms. The van der Waals surface area contributed by atoms with Crippen molar-refractivity contribution in [3.63, 3.8) is 0 Å². The van der Waals surface area contributed by atoms with Crippen molar-refractivity contribution in [2.24, 2.45) is 0 Å². The summed E-state index contributed by atoms with van der Waals surface area (Å²) in [4.78, 5) is 37.8. The van der Waals surface area contributed by atoms with Crippen LogP contribution in [0.15, 0.2) is 60.8 Å². The van der Waals surface area contributed by atoms with Crippen LogP contribution in [0.4, 0.5) is 30.5 Å². The molecule has 1 aliphatic rings. The molecule has 4 N–H and O–H groups in total. The number of benzene rings is 2. The van der Waals surface area contributed by atoms with E-state index < -0.39 is 17.6 Å². The van der Waals surface area contributed by atoms with Crippen molar-refractivity contribution < 1.29 is 22.8 Å². The predicted octanol–water partition coefficient (Wildman–Crippen LogP) is 4.89. The van der Waals surface area contributed by atoms with Crippen LogP contribution in [-0.4, -0.2) is 45.9 Å². The van der Waals surface area contributed by atoms with Crippen LogP contribution < -0.4 is 21.3 Å². The predicted molar refractivity (Wildman–Crippen MR) is 145 cm³/mol. The second-order valence-electron chi connectivity index (χ2n) is 9.42. The fourth-order valence-electron chi connectivity index (χ4n) is 4.60. The number of hydrogen-bond donors (Lipinski definition) is 4. The Morgan fingerprint density at radius 2 is 1.82 bits per heavy atom. The highest BCUT2D eigenvalue weighted by atomic mass is 19.4. The average Bonchev–Trinajstić information content (AvgIpc) is 3.44. The first-order chi connectivity index (χ1) is 19.2. The summed E-state index contributed by atoms with van der Waals surface area (Å²) in [6.07, 6.45) is -1.33. The number of amides is 2. The number of pyridine rings is 1. The fraction of sp³-hybridized carbons (Fsp3) is 0.250. The molecule has 2 aromatic carbocycles. The van der Waals surface area contributed by atoms with Crippen LogP contribution in [0.1, 0.15) is 35.8 Å². The number of aromatic nitrogens is 3. The van der Waals surface area contributed by atoms with Crippen molar-refractivity contribution in [3.05, 3.63) is 72.1 Å². The fourth-order valence-corrected chi connectivity index (χ4v) is 4.60. The summed E-state index contributed by atoms with van der Waals surface area (Å²) >= 11 is 0. The van der Waals surface area contributed by atoms with E-state index in [-0.39, 0.29) is 40.4 Å². The van der Waals surface area contributed by atoms with Gasteiger partial charge in [0.15, 0.2) is 5.65 Å². The van der Waals surface area contributed by atoms with E-state index in [2.05, 4.69) is 36.2 Å². The molecule has 206 valence electrons. The van der Waals surface area contributed by atoms with Gasteiger partial charge in [0.2, 0.25) is 11.9 Å². The highest BCUT2D eigenvalue weighted by Gasteiger charge is 2.34. The Labute approximate surface area is 227 Å². The second-order valence-corrected chi connectivity index (χ2v) is 9.42. The second kappa shape index (κ2) is 11.3. The van der Waals surface area contributed by atoms with Crippen LogP contribution in [0.2, 0.25) is 0 Å². The summed E-state index contributed by atoms with van der Waals surface area (Å²) < 4.78 is 41.7. The maximum Gasteiger partial charge on any atom is 0.417 e. The molecule has 0 spiro atoms. The third kappa shape index (κ3) is 6.18. The van der Waals surface area contributed by atoms with Crippen molar-refractivity contribution in [1.82, 2.24) is 25.6 Å². The number of halogens is 3. The molecule has 0 aliphatic carbocycles. The molecule has 1 aliphatic heterocycles. The van der Waals surface area contributed by atoms with Gasteiger partial charge in [0, 0.05) is 48.0 Å². The Kier molecular flexibility index (Phi) is 7.60. The number of carbonyl (C=O) groups excluding carboxylic acids is 2. The molecule has 3 heterocycles. The number of alkyl halides is 3. The average molecular weight is 550 g/mol. The molecule has 0 bridgehead atoms. The van der Waals surface area contributed by atoms with Gasteiger partial charge in [-0.3, -0.25) is 9.59 Å². The molecule has 4 aromatic rings. The lowest BCUT2D eigenvalue weighted by atomic mass is 9.96. The monoisotopic (exact) mass is 549 g/mol. The Hall–Kier alpha value is -4.58. The Morgan fingerprint density at radius 3 is 2.58 bits per heavy atom. The summed E-state index contributed by atoms with van der Waals surface area (Å²) in [6.45, 7) is 2.57. The van der Waals surface area contributed by atoms with E-state index in [4.69, 9.17) is 0 Å². The van der Waals surface area contributed by atoms with E-state index in [0.29, 0.717) is 23.3 Å². The number of nitrogens with one attached hydrogen (secondary N) is 4. The molecule has 1 saturated heterocycles. The van der Waals surface area contributed by atoms with E-state index in [1.54, 1.807) is 24.3 Å². The van der Waals surface area contributed by atoms with Crippen LogP contribution in [0.3, 0.4) is 0 Å². The van der Waals surface area contributed by atoms with E-state index in [9.17, 15) is 22.8 Å². The van der Waals surface area contributed by atoms with E-state index >= 15 is 0 Å². The Balaban J connectivity index is 1.54. The zero-order valence-electron chi connectivity index (χ0n) is 21.5. The van der Waals surface area contributed by atoms with Gasteiger partial charge in [-0.25, -0.2) is 9.97 Å². The lowest BCUT2D eigenvalue weighted by Gasteiger charge is -2.17. The summed E-state index contributed by atoms with van der Waals surface area (Å²) in [6, 6.07) is 13.5. The standard InChI is InChI=1S/C28H26F3N7O2/c1-16(39)35-18-6-4-7-19(13-18)36-27-34-14-17-12-22(21-9-2-3-10-23(21)28(29,30)31)24(37-25(17)38-27)26(40)33-15-20-8-5-11-32-20/h2-4,6-7,9-10,12-14,20,32H,5,8,11,15H2,1H3,(H,33,40)(H,35,39)(H,34,36,37,38). The number of rotatable bonds is 7. The van der Waals surface area contributed by atoms with Gasteiger partial charge in [-0.2, -0.15) is 18.2 Å². The molecule has 1 fully saturated rings. The van der Waals surface area contributed by atoms with Crippen molar-refractivity contribution in [1.29, 1.82) is 0 Å². The van der Waals surface area contributed by atoms with Gasteiger partial charge in [-0.05, 0) is 55.3 Å². The van der Waals surface area contributed by atoms with Gasteiger partial charge in [0.1, 0.15) is 5.69 Å². The SMILES string of the molecule is CC(=O)Nc1cccc(Nc2ncc3cc(-c4ccccc4C(F)(F)F)c(C(=O)NCC4CCCN4)nc3n2)c1. The third-order valence-electron chi connectivity index (χ3n) is 6.42. The molecule has 9 nitrogen and oxygen atoms in total. The minimum absolute atomic E-state index is 0.0321. The summed E-state index contributed by atoms with van der Waals surface area (Å²) in [5.74, 6) is -0.663. The first kappa shape index (κ1) is 27.0. The lowest BCUT2D eigenvalue weighted by molar-refractivity contribution is -0.137. The first-order valence-corrected chi connectivity index (χ1v) is 12.7. The molecule has 2 aromatic heterocycles. The van der Waals surface area contributed by atoms with Crippen molar-refractivity contribution in [3.8, 4) is 11.1 Å². The summed E-state index contributed by atoms with van der Waals surface area (Å²) in [5.41, 5.74) is 0.118. The number of anilines is 3. The first-order valence-electron chi connectivity index (χ1n) is 12.7. The Morgan fingerprint density at radius 1 is 1.02 bits per heavy atom.